The largest absolute Gasteiger partial charge is 0.310 e. The van der Waals surface area contributed by atoms with Gasteiger partial charge in [-0.25, -0.2) is 4.98 Å². The summed E-state index contributed by atoms with van der Waals surface area (Å²) in [5.41, 5.74) is 4.15. The molecule has 0 saturated carbocycles. The van der Waals surface area contributed by atoms with Gasteiger partial charge in [-0.1, -0.05) is 64.0 Å². The number of aromatic amines is 1. The zero-order chi connectivity index (χ0) is 17.4. The average Bonchev–Trinajstić information content (AvgIpc) is 3.02. The van der Waals surface area contributed by atoms with Crippen LogP contribution < -0.4 is 5.56 Å². The van der Waals surface area contributed by atoms with E-state index in [4.69, 9.17) is 0 Å². The standard InChI is InChI=1S/C20H15BrN2OS/c1-12-7-8-16(21)14(9-12)15-11-25-20-18(15)19(24)22-17(23-20)10-13-5-3-2-4-6-13/h2-9,11H,10H2,1H3,(H,22,23,24). The zero-order valence-electron chi connectivity index (χ0n) is 13.5. The molecule has 4 aromatic rings. The van der Waals surface area contributed by atoms with Gasteiger partial charge in [0.25, 0.3) is 5.56 Å². The van der Waals surface area contributed by atoms with Gasteiger partial charge in [0.1, 0.15) is 10.7 Å². The lowest BCUT2D eigenvalue weighted by atomic mass is 10.0. The third-order valence-electron chi connectivity index (χ3n) is 4.12. The molecular weight excluding hydrogens is 396 g/mol. The van der Waals surface area contributed by atoms with Gasteiger partial charge in [0.05, 0.1) is 5.39 Å². The van der Waals surface area contributed by atoms with Crippen molar-refractivity contribution in [2.24, 2.45) is 0 Å². The van der Waals surface area contributed by atoms with Gasteiger partial charge in [-0.3, -0.25) is 4.79 Å². The SMILES string of the molecule is Cc1ccc(Br)c(-c2csc3nc(Cc4ccccc4)[nH]c(=O)c23)c1. The number of hydrogen-bond acceptors (Lipinski definition) is 3. The molecule has 0 radical (unpaired) electrons. The topological polar surface area (TPSA) is 45.8 Å². The van der Waals surface area contributed by atoms with Crippen LogP contribution in [-0.2, 0) is 6.42 Å². The fourth-order valence-corrected chi connectivity index (χ4v) is 4.33. The van der Waals surface area contributed by atoms with E-state index in [0.29, 0.717) is 17.6 Å². The molecule has 2 aromatic carbocycles. The van der Waals surface area contributed by atoms with Crippen molar-refractivity contribution in [3.8, 4) is 11.1 Å². The van der Waals surface area contributed by atoms with Gasteiger partial charge in [-0.15, -0.1) is 11.3 Å². The minimum atomic E-state index is -0.0828. The normalized spacial score (nSPS) is 11.1. The highest BCUT2D eigenvalue weighted by Crippen LogP contribution is 2.35. The van der Waals surface area contributed by atoms with E-state index in [-0.39, 0.29) is 5.56 Å². The first-order valence-electron chi connectivity index (χ1n) is 7.92. The van der Waals surface area contributed by atoms with Crippen LogP contribution in [-0.4, -0.2) is 9.97 Å². The minimum absolute atomic E-state index is 0.0828. The molecule has 0 saturated heterocycles. The molecule has 0 bridgehead atoms. The summed E-state index contributed by atoms with van der Waals surface area (Å²) < 4.78 is 0.977. The maximum absolute atomic E-state index is 12.7. The summed E-state index contributed by atoms with van der Waals surface area (Å²) in [5, 5.41) is 2.67. The number of hydrogen-bond donors (Lipinski definition) is 1. The summed E-state index contributed by atoms with van der Waals surface area (Å²) in [6, 6.07) is 16.2. The van der Waals surface area contributed by atoms with Crippen LogP contribution in [0.5, 0.6) is 0 Å². The van der Waals surface area contributed by atoms with Crippen LogP contribution in [0.15, 0.2) is 63.2 Å². The Balaban J connectivity index is 1.83. The molecule has 25 heavy (non-hydrogen) atoms. The van der Waals surface area contributed by atoms with Crippen molar-refractivity contribution in [1.29, 1.82) is 0 Å². The number of nitrogens with zero attached hydrogens (tertiary/aromatic N) is 1. The van der Waals surface area contributed by atoms with Crippen molar-refractivity contribution in [3.05, 3.63) is 85.7 Å². The predicted octanol–water partition coefficient (Wildman–Crippen LogP) is 5.31. The molecule has 0 fully saturated rings. The summed E-state index contributed by atoms with van der Waals surface area (Å²) in [4.78, 5) is 21.1. The summed E-state index contributed by atoms with van der Waals surface area (Å²) in [7, 11) is 0. The predicted molar refractivity (Wildman–Crippen MR) is 107 cm³/mol. The van der Waals surface area contributed by atoms with Crippen LogP contribution in [0.3, 0.4) is 0 Å². The van der Waals surface area contributed by atoms with Crippen molar-refractivity contribution in [1.82, 2.24) is 9.97 Å². The van der Waals surface area contributed by atoms with Crippen LogP contribution in [0.4, 0.5) is 0 Å². The molecular formula is C20H15BrN2OS. The van der Waals surface area contributed by atoms with E-state index >= 15 is 0 Å². The van der Waals surface area contributed by atoms with Crippen LogP contribution in [0.1, 0.15) is 17.0 Å². The first-order chi connectivity index (χ1) is 12.1. The Morgan fingerprint density at radius 2 is 1.92 bits per heavy atom. The molecule has 0 amide bonds. The number of halogens is 1. The van der Waals surface area contributed by atoms with Crippen molar-refractivity contribution >= 4 is 37.5 Å². The van der Waals surface area contributed by atoms with E-state index in [1.54, 1.807) is 0 Å². The Hall–Kier alpha value is -2.24. The average molecular weight is 411 g/mol. The summed E-state index contributed by atoms with van der Waals surface area (Å²) >= 11 is 5.10. The van der Waals surface area contributed by atoms with E-state index in [0.717, 1.165) is 31.6 Å². The van der Waals surface area contributed by atoms with Gasteiger partial charge in [-0.05, 0) is 24.1 Å². The number of aryl methyl sites for hydroxylation is 1. The molecule has 124 valence electrons. The van der Waals surface area contributed by atoms with Crippen molar-refractivity contribution in [2.45, 2.75) is 13.3 Å². The van der Waals surface area contributed by atoms with Gasteiger partial charge in [0, 0.05) is 21.8 Å². The van der Waals surface area contributed by atoms with Gasteiger partial charge < -0.3 is 4.98 Å². The molecule has 0 aliphatic rings. The lowest BCUT2D eigenvalue weighted by Crippen LogP contribution is -2.11. The molecule has 5 heteroatoms. The quantitative estimate of drug-likeness (QED) is 0.497. The second kappa shape index (κ2) is 6.58. The zero-order valence-corrected chi connectivity index (χ0v) is 15.9. The molecule has 0 unspecified atom stereocenters. The van der Waals surface area contributed by atoms with Crippen molar-refractivity contribution < 1.29 is 0 Å². The van der Waals surface area contributed by atoms with E-state index in [9.17, 15) is 4.79 Å². The highest BCUT2D eigenvalue weighted by molar-refractivity contribution is 9.10. The molecule has 3 nitrogen and oxygen atoms in total. The molecule has 4 rings (SSSR count). The Labute approximate surface area is 157 Å². The summed E-state index contributed by atoms with van der Waals surface area (Å²) in [5.74, 6) is 0.695. The Morgan fingerprint density at radius 3 is 2.72 bits per heavy atom. The number of fused-ring (bicyclic) bond motifs is 1. The van der Waals surface area contributed by atoms with E-state index in [1.165, 1.54) is 11.3 Å². The van der Waals surface area contributed by atoms with Crippen LogP contribution in [0, 0.1) is 6.92 Å². The minimum Gasteiger partial charge on any atom is -0.310 e. The molecule has 0 atom stereocenters. The Kier molecular flexibility index (Phi) is 4.27. The number of benzene rings is 2. The van der Waals surface area contributed by atoms with Gasteiger partial charge in [0.2, 0.25) is 0 Å². The summed E-state index contributed by atoms with van der Waals surface area (Å²) in [6.07, 6.45) is 0.618. The molecule has 1 N–H and O–H groups in total. The number of rotatable bonds is 3. The Bertz CT molecular complexity index is 1120. The fourth-order valence-electron chi connectivity index (χ4n) is 2.91. The Morgan fingerprint density at radius 1 is 1.12 bits per heavy atom. The third-order valence-corrected chi connectivity index (χ3v) is 5.68. The molecule has 0 aliphatic carbocycles. The number of thiophene rings is 1. The lowest BCUT2D eigenvalue weighted by Gasteiger charge is -2.05. The number of aromatic nitrogens is 2. The third kappa shape index (κ3) is 3.17. The van der Waals surface area contributed by atoms with Crippen LogP contribution in [0.25, 0.3) is 21.3 Å². The molecule has 0 spiro atoms. The second-order valence-corrected chi connectivity index (χ2v) is 7.70. The second-order valence-electron chi connectivity index (χ2n) is 5.99. The van der Waals surface area contributed by atoms with E-state index in [1.807, 2.05) is 54.8 Å². The molecule has 2 aromatic heterocycles. The van der Waals surface area contributed by atoms with Crippen LogP contribution in [0.2, 0.25) is 0 Å². The number of H-pyrrole nitrogens is 1. The van der Waals surface area contributed by atoms with Gasteiger partial charge in [-0.2, -0.15) is 0 Å². The fraction of sp³-hybridized carbons (Fsp3) is 0.100. The van der Waals surface area contributed by atoms with E-state index < -0.39 is 0 Å². The van der Waals surface area contributed by atoms with Crippen molar-refractivity contribution in [3.63, 3.8) is 0 Å². The maximum Gasteiger partial charge on any atom is 0.260 e. The number of nitrogens with one attached hydrogen (secondary N) is 1. The smallest absolute Gasteiger partial charge is 0.260 e. The lowest BCUT2D eigenvalue weighted by molar-refractivity contribution is 0.977. The van der Waals surface area contributed by atoms with Crippen LogP contribution >= 0.6 is 27.3 Å². The first-order valence-corrected chi connectivity index (χ1v) is 9.60. The monoisotopic (exact) mass is 410 g/mol. The highest BCUT2D eigenvalue weighted by Gasteiger charge is 2.15. The molecule has 2 heterocycles. The maximum atomic E-state index is 12.7. The van der Waals surface area contributed by atoms with Crippen molar-refractivity contribution in [2.75, 3.05) is 0 Å². The van der Waals surface area contributed by atoms with E-state index in [2.05, 4.69) is 32.0 Å². The first kappa shape index (κ1) is 16.2. The van der Waals surface area contributed by atoms with Gasteiger partial charge in [0.15, 0.2) is 0 Å². The van der Waals surface area contributed by atoms with Gasteiger partial charge >= 0.3 is 0 Å². The highest BCUT2D eigenvalue weighted by atomic mass is 79.9. The molecule has 0 aliphatic heterocycles. The summed E-state index contributed by atoms with van der Waals surface area (Å²) in [6.45, 7) is 2.05.